The minimum atomic E-state index is -4.75. The van der Waals surface area contributed by atoms with Gasteiger partial charge in [0.1, 0.15) is 28.2 Å². The third kappa shape index (κ3) is 11.1. The number of hydrogen-bond donors (Lipinski definition) is 5. The number of hydrogen-bond acceptors (Lipinski definition) is 18. The zero-order chi connectivity index (χ0) is 57.1. The molecule has 0 bridgehead atoms. The molecule has 1 amide bonds. The summed E-state index contributed by atoms with van der Waals surface area (Å²) in [5.41, 5.74) is 3.40. The molecule has 3 atom stereocenters. The number of aromatic amines is 1. The van der Waals surface area contributed by atoms with Gasteiger partial charge in [0.05, 0.1) is 54.0 Å². The van der Waals surface area contributed by atoms with Gasteiger partial charge in [-0.1, -0.05) is 38.1 Å². The van der Waals surface area contributed by atoms with E-state index in [0.717, 1.165) is 93.1 Å². The lowest BCUT2D eigenvalue weighted by molar-refractivity contribution is -0.384. The van der Waals surface area contributed by atoms with Gasteiger partial charge in [0, 0.05) is 99.7 Å². The van der Waals surface area contributed by atoms with E-state index >= 15 is 0 Å². The average Bonchev–Trinajstić information content (AvgIpc) is 2.17. The summed E-state index contributed by atoms with van der Waals surface area (Å²) in [5.74, 6) is 0.184. The topological polar surface area (TPSA) is 252 Å². The number of piperidine rings is 1. The number of methoxy groups -OCH3 is 1. The van der Waals surface area contributed by atoms with Gasteiger partial charge in [0.25, 0.3) is 21.8 Å². The van der Waals surface area contributed by atoms with Crippen LogP contribution in [0.25, 0.3) is 11.0 Å². The molecule has 4 aliphatic heterocycles. The third-order valence-corrected chi connectivity index (χ3v) is 19.3. The van der Waals surface area contributed by atoms with Crippen LogP contribution in [-0.4, -0.2) is 137 Å². The molecule has 5 N–H and O–H groups in total. The second-order valence-corrected chi connectivity index (χ2v) is 25.5. The number of anilines is 3. The minimum Gasteiger partial charge on any atom is -0.482 e. The summed E-state index contributed by atoms with van der Waals surface area (Å²) in [5, 5.41) is 29.3. The highest BCUT2D eigenvalue weighted by atomic mass is 32.2. The maximum Gasteiger partial charge on any atom is 0.312 e. The summed E-state index contributed by atoms with van der Waals surface area (Å²) in [6, 6.07) is 18.8. The number of carbonyl (C=O) groups is 1. The summed E-state index contributed by atoms with van der Waals surface area (Å²) >= 11 is 0. The zero-order valence-corrected chi connectivity index (χ0v) is 47.3. The van der Waals surface area contributed by atoms with Crippen molar-refractivity contribution in [1.29, 1.82) is 0 Å². The number of nitrogens with one attached hydrogen (secondary N) is 4. The number of H-pyrrole nitrogens is 1. The number of fused-ring (bicyclic) bond motifs is 3. The normalized spacial score (nSPS) is 23.8. The van der Waals surface area contributed by atoms with E-state index in [2.05, 4.69) is 94.2 Å². The molecule has 8 heterocycles. The van der Waals surface area contributed by atoms with Gasteiger partial charge in [-0.2, -0.15) is 4.98 Å². The molecule has 12 rings (SSSR count). The number of nitrogens with zero attached hydrogens (tertiary/aromatic N) is 7. The van der Waals surface area contributed by atoms with Gasteiger partial charge < -0.3 is 44.6 Å². The Morgan fingerprint density at radius 3 is 2.57 bits per heavy atom. The first-order chi connectivity index (χ1) is 39.4. The number of ether oxygens (including phenoxy) is 4. The van der Waals surface area contributed by atoms with Crippen molar-refractivity contribution in [2.45, 2.75) is 119 Å². The summed E-state index contributed by atoms with van der Waals surface area (Å²) in [7, 11) is -3.38. The molecule has 1 spiro atoms. The Bertz CT molecular complexity index is 3500. The molecule has 2 saturated carbocycles. The van der Waals surface area contributed by atoms with E-state index in [9.17, 15) is 32.8 Å². The number of pyridine rings is 3. The number of rotatable bonds is 16. The van der Waals surface area contributed by atoms with Gasteiger partial charge in [-0.3, -0.25) is 24.7 Å². The van der Waals surface area contributed by atoms with Crippen LogP contribution >= 0.6 is 0 Å². The number of halogens is 1. The molecular formula is C59H70FN11O10S. The minimum absolute atomic E-state index is 0.0193. The number of amides is 1. The number of benzene rings is 2. The third-order valence-electron chi connectivity index (χ3n) is 18.0. The SMILES string of the molecule is COc1nc2[nH]cc(F)c2cc1Oc1cc(N2CCC3(CC2)CC(N2CCN(Cc4ccnc5c4OC4COCC4N5)C[C@H]2c2ccccc2C(C)C)C3)ccc1C(=O)NS(=O)(=O)c1cnc(NCC2CCC(C)(O)CC2)c([N+](=O)[O-])c1. The lowest BCUT2D eigenvalue weighted by Gasteiger charge is -2.58. The number of sulfonamides is 1. The number of nitro groups is 1. The Kier molecular flexibility index (Phi) is 15.0. The zero-order valence-electron chi connectivity index (χ0n) is 46.5. The number of piperazine rings is 1. The predicted octanol–water partition coefficient (Wildman–Crippen LogP) is 8.68. The van der Waals surface area contributed by atoms with Crippen LogP contribution < -0.4 is 34.5 Å². The van der Waals surface area contributed by atoms with Crippen molar-refractivity contribution < 1.29 is 46.6 Å². The molecular weight excluding hydrogens is 1070 g/mol. The molecule has 3 saturated heterocycles. The van der Waals surface area contributed by atoms with Crippen LogP contribution in [-0.2, 0) is 21.3 Å². The standard InChI is InChI=1S/C59H70FN11O10S/c1-35(2)41-7-5-6-8-42(41)48-32-68(31-37-13-18-61-55-52(37)81-51-34-79-33-46(51)65-55)21-22-70(48)39-26-59(27-39)16-19-69(20-17-59)38-9-10-43(49(23-38)80-50-25-44-45(60)30-64-53(44)66-57(50)78-4)56(72)67-82(76,77)40-24-47(71(74)75)54(63-29-40)62-28-36-11-14-58(3,73)15-12-36/h5-10,13,18,23-25,29-30,35-36,39,46,48,51,73H,11-12,14-17,19-22,26-28,31-34H2,1-4H3,(H,61,65)(H,62,63)(H,64,66)(H,67,72)/t36?,46?,48-,51?,58?/m0/s1. The van der Waals surface area contributed by atoms with Crippen LogP contribution in [0, 0.1) is 27.3 Å². The van der Waals surface area contributed by atoms with Crippen molar-refractivity contribution in [3.8, 4) is 23.1 Å². The Hall–Kier alpha value is -7.18. The lowest BCUT2D eigenvalue weighted by atomic mass is 9.59. The van der Waals surface area contributed by atoms with E-state index in [1.165, 1.54) is 30.4 Å². The Balaban J connectivity index is 0.753. The van der Waals surface area contributed by atoms with Crippen LogP contribution in [0.2, 0.25) is 0 Å². The van der Waals surface area contributed by atoms with E-state index in [-0.39, 0.29) is 69.3 Å². The van der Waals surface area contributed by atoms with Gasteiger partial charge in [-0.25, -0.2) is 27.5 Å². The predicted molar refractivity (Wildman–Crippen MR) is 305 cm³/mol. The highest BCUT2D eigenvalue weighted by molar-refractivity contribution is 7.90. The molecule has 2 unspecified atom stereocenters. The fourth-order valence-electron chi connectivity index (χ4n) is 13.2. The summed E-state index contributed by atoms with van der Waals surface area (Å²) in [4.78, 5) is 48.6. The summed E-state index contributed by atoms with van der Waals surface area (Å²) in [6.45, 7) is 12.7. The van der Waals surface area contributed by atoms with Crippen molar-refractivity contribution >= 4 is 50.0 Å². The molecule has 2 aliphatic carbocycles. The molecule has 21 nitrogen and oxygen atoms in total. The first-order valence-electron chi connectivity index (χ1n) is 28.4. The van der Waals surface area contributed by atoms with Crippen LogP contribution in [0.15, 0.2) is 84.1 Å². The fraction of sp³-hybridized carbons (Fsp3) is 0.492. The Labute approximate surface area is 475 Å². The van der Waals surface area contributed by atoms with Gasteiger partial charge in [-0.05, 0) is 105 Å². The molecule has 434 valence electrons. The number of aliphatic hydroxyl groups is 1. The highest BCUT2D eigenvalue weighted by Crippen LogP contribution is 2.54. The van der Waals surface area contributed by atoms with Crippen molar-refractivity contribution in [2.75, 3.05) is 75.1 Å². The van der Waals surface area contributed by atoms with Crippen LogP contribution in [0.1, 0.15) is 111 Å². The fourth-order valence-corrected chi connectivity index (χ4v) is 14.1. The molecule has 6 aliphatic rings. The molecule has 4 aromatic heterocycles. The lowest BCUT2D eigenvalue weighted by Crippen LogP contribution is -2.60. The van der Waals surface area contributed by atoms with Crippen LogP contribution in [0.4, 0.5) is 27.4 Å². The first-order valence-corrected chi connectivity index (χ1v) is 29.9. The van der Waals surface area contributed by atoms with Gasteiger partial charge in [-0.15, -0.1) is 0 Å². The second kappa shape index (κ2) is 22.2. The van der Waals surface area contributed by atoms with Crippen molar-refractivity contribution in [1.82, 2.24) is 34.5 Å². The first kappa shape index (κ1) is 55.4. The number of aromatic nitrogens is 4. The second-order valence-electron chi connectivity index (χ2n) is 23.8. The van der Waals surface area contributed by atoms with E-state index in [0.29, 0.717) is 70.5 Å². The Morgan fingerprint density at radius 2 is 1.80 bits per heavy atom. The summed E-state index contributed by atoms with van der Waals surface area (Å²) < 4.78 is 69.1. The quantitative estimate of drug-likeness (QED) is 0.0449. The van der Waals surface area contributed by atoms with E-state index in [4.69, 9.17) is 18.9 Å². The van der Waals surface area contributed by atoms with E-state index in [1.54, 1.807) is 19.1 Å². The summed E-state index contributed by atoms with van der Waals surface area (Å²) in [6.07, 6.45) is 10.5. The maximum absolute atomic E-state index is 15.0. The number of carbonyl (C=O) groups excluding carboxylic acids is 1. The molecule has 0 radical (unpaired) electrons. The highest BCUT2D eigenvalue weighted by Gasteiger charge is 2.50. The van der Waals surface area contributed by atoms with Crippen molar-refractivity contribution in [3.05, 3.63) is 117 Å². The molecule has 5 fully saturated rings. The van der Waals surface area contributed by atoms with E-state index in [1.807, 2.05) is 6.20 Å². The van der Waals surface area contributed by atoms with Crippen molar-refractivity contribution in [3.63, 3.8) is 0 Å². The molecule has 2 aromatic carbocycles. The maximum atomic E-state index is 15.0. The average molecular weight is 1140 g/mol. The van der Waals surface area contributed by atoms with Gasteiger partial charge in [0.2, 0.25) is 5.82 Å². The van der Waals surface area contributed by atoms with Crippen LogP contribution in [0.3, 0.4) is 0 Å². The Morgan fingerprint density at radius 1 is 1.01 bits per heavy atom. The molecule has 82 heavy (non-hydrogen) atoms. The molecule has 23 heteroatoms. The molecule has 6 aromatic rings. The van der Waals surface area contributed by atoms with Gasteiger partial charge in [0.15, 0.2) is 17.3 Å². The monoisotopic (exact) mass is 1140 g/mol. The van der Waals surface area contributed by atoms with Crippen LogP contribution in [0.5, 0.6) is 23.1 Å². The van der Waals surface area contributed by atoms with Gasteiger partial charge >= 0.3 is 5.69 Å². The van der Waals surface area contributed by atoms with E-state index < -0.39 is 42.9 Å². The van der Waals surface area contributed by atoms with Crippen molar-refractivity contribution in [2.24, 2.45) is 11.3 Å². The largest absolute Gasteiger partial charge is 0.482 e. The smallest absolute Gasteiger partial charge is 0.312 e.